The Morgan fingerprint density at radius 2 is 1.90 bits per heavy atom. The van der Waals surface area contributed by atoms with Gasteiger partial charge in [-0.05, 0) is 42.9 Å². The molecule has 1 amide bonds. The summed E-state index contributed by atoms with van der Waals surface area (Å²) in [4.78, 5) is 12.9. The molecule has 1 aliphatic heterocycles. The first-order chi connectivity index (χ1) is 14.4. The summed E-state index contributed by atoms with van der Waals surface area (Å²) in [5.41, 5.74) is 0. The third-order valence-electron chi connectivity index (χ3n) is 5.16. The molecule has 1 heterocycles. The minimum Gasteiger partial charge on any atom is -0.486 e. The molecule has 0 spiro atoms. The van der Waals surface area contributed by atoms with Crippen molar-refractivity contribution in [1.82, 2.24) is 10.0 Å². The van der Waals surface area contributed by atoms with Crippen LogP contribution in [0.4, 0.5) is 0 Å². The first-order valence-electron chi connectivity index (χ1n) is 10.6. The van der Waals surface area contributed by atoms with Gasteiger partial charge in [-0.2, -0.15) is 16.5 Å². The van der Waals surface area contributed by atoms with E-state index in [0.29, 0.717) is 49.3 Å². The summed E-state index contributed by atoms with van der Waals surface area (Å²) in [6.07, 6.45) is 6.65. The van der Waals surface area contributed by atoms with Gasteiger partial charge in [0.2, 0.25) is 15.9 Å². The number of benzene rings is 1. The molecule has 1 aliphatic rings. The zero-order valence-electron chi connectivity index (χ0n) is 18.1. The van der Waals surface area contributed by atoms with Crippen LogP contribution in [0.15, 0.2) is 23.1 Å². The number of amides is 1. The highest BCUT2D eigenvalue weighted by Crippen LogP contribution is 2.32. The van der Waals surface area contributed by atoms with Crippen molar-refractivity contribution < 1.29 is 22.7 Å². The largest absolute Gasteiger partial charge is 0.486 e. The molecule has 0 aliphatic carbocycles. The maximum atomic E-state index is 12.9. The molecular weight excluding hydrogens is 424 g/mol. The SMILES string of the molecule is CCCC[C@H](CC)CNC(=O)[C@@H](CCSC)NS(=O)(=O)c1ccc2c(c1)OCCO2. The second kappa shape index (κ2) is 12.4. The topological polar surface area (TPSA) is 93.7 Å². The van der Waals surface area contributed by atoms with Gasteiger partial charge in [0, 0.05) is 12.6 Å². The van der Waals surface area contributed by atoms with Gasteiger partial charge < -0.3 is 14.8 Å². The number of thioether (sulfide) groups is 1. The van der Waals surface area contributed by atoms with Crippen molar-refractivity contribution in [3.05, 3.63) is 18.2 Å². The van der Waals surface area contributed by atoms with Crippen LogP contribution in [0, 0.1) is 5.92 Å². The number of sulfonamides is 1. The number of hydrogen-bond acceptors (Lipinski definition) is 6. The summed E-state index contributed by atoms with van der Waals surface area (Å²) in [6, 6.07) is 3.68. The average molecular weight is 459 g/mol. The lowest BCUT2D eigenvalue weighted by Gasteiger charge is -2.22. The van der Waals surface area contributed by atoms with Crippen LogP contribution in [-0.4, -0.2) is 52.1 Å². The molecule has 30 heavy (non-hydrogen) atoms. The van der Waals surface area contributed by atoms with Gasteiger partial charge in [0.15, 0.2) is 11.5 Å². The van der Waals surface area contributed by atoms with Crippen molar-refractivity contribution in [2.24, 2.45) is 5.92 Å². The minimum absolute atomic E-state index is 0.0584. The normalized spacial score (nSPS) is 15.4. The number of ether oxygens (including phenoxy) is 2. The molecule has 170 valence electrons. The van der Waals surface area contributed by atoms with Crippen molar-refractivity contribution in [2.45, 2.75) is 56.9 Å². The quantitative estimate of drug-likeness (QED) is 0.472. The van der Waals surface area contributed by atoms with Crippen LogP contribution in [0.3, 0.4) is 0 Å². The molecule has 2 rings (SSSR count). The Hall–Kier alpha value is -1.45. The average Bonchev–Trinajstić information content (AvgIpc) is 2.76. The Bertz CT molecular complexity index is 786. The number of hydrogen-bond donors (Lipinski definition) is 2. The molecular formula is C21H34N2O5S2. The molecule has 1 aromatic rings. The van der Waals surface area contributed by atoms with E-state index in [9.17, 15) is 13.2 Å². The zero-order chi connectivity index (χ0) is 22.0. The number of nitrogens with one attached hydrogen (secondary N) is 2. The predicted molar refractivity (Wildman–Crippen MR) is 121 cm³/mol. The van der Waals surface area contributed by atoms with Gasteiger partial charge in [-0.25, -0.2) is 8.42 Å². The summed E-state index contributed by atoms with van der Waals surface area (Å²) in [6.45, 7) is 5.64. The van der Waals surface area contributed by atoms with Crippen LogP contribution in [0.1, 0.15) is 46.0 Å². The third kappa shape index (κ3) is 7.35. The lowest BCUT2D eigenvalue weighted by Crippen LogP contribution is -2.48. The van der Waals surface area contributed by atoms with E-state index in [1.54, 1.807) is 17.8 Å². The lowest BCUT2D eigenvalue weighted by molar-refractivity contribution is -0.122. The Morgan fingerprint density at radius 3 is 2.57 bits per heavy atom. The second-order valence-corrected chi connectivity index (χ2v) is 10.1. The van der Waals surface area contributed by atoms with E-state index in [-0.39, 0.29) is 10.8 Å². The monoisotopic (exact) mass is 458 g/mol. The van der Waals surface area contributed by atoms with E-state index in [4.69, 9.17) is 9.47 Å². The van der Waals surface area contributed by atoms with Gasteiger partial charge in [-0.3, -0.25) is 4.79 Å². The van der Waals surface area contributed by atoms with Crippen LogP contribution in [-0.2, 0) is 14.8 Å². The number of carbonyl (C=O) groups excluding carboxylic acids is 1. The summed E-state index contributed by atoms with van der Waals surface area (Å²) < 4.78 is 39.4. The Kier molecular flexibility index (Phi) is 10.3. The van der Waals surface area contributed by atoms with Gasteiger partial charge in [-0.1, -0.05) is 33.1 Å². The smallest absolute Gasteiger partial charge is 0.241 e. The molecule has 1 aromatic carbocycles. The van der Waals surface area contributed by atoms with Crippen molar-refractivity contribution in [1.29, 1.82) is 0 Å². The van der Waals surface area contributed by atoms with E-state index in [1.807, 2.05) is 6.26 Å². The maximum absolute atomic E-state index is 12.9. The van der Waals surface area contributed by atoms with Gasteiger partial charge in [0.1, 0.15) is 19.3 Å². The second-order valence-electron chi connectivity index (χ2n) is 7.42. The van der Waals surface area contributed by atoms with Gasteiger partial charge in [-0.15, -0.1) is 0 Å². The highest BCUT2D eigenvalue weighted by molar-refractivity contribution is 7.98. The van der Waals surface area contributed by atoms with Crippen LogP contribution in [0.25, 0.3) is 0 Å². The molecule has 0 saturated heterocycles. The predicted octanol–water partition coefficient (Wildman–Crippen LogP) is 3.19. The molecule has 0 fully saturated rings. The maximum Gasteiger partial charge on any atom is 0.241 e. The molecule has 0 aromatic heterocycles. The minimum atomic E-state index is -3.88. The Morgan fingerprint density at radius 1 is 1.17 bits per heavy atom. The summed E-state index contributed by atoms with van der Waals surface area (Å²) in [5, 5.41) is 2.96. The molecule has 2 N–H and O–H groups in total. The molecule has 2 atom stereocenters. The Balaban J connectivity index is 2.07. The van der Waals surface area contributed by atoms with Crippen molar-refractivity contribution in [3.8, 4) is 11.5 Å². The van der Waals surface area contributed by atoms with Gasteiger partial charge in [0.25, 0.3) is 0 Å². The van der Waals surface area contributed by atoms with E-state index >= 15 is 0 Å². The number of fused-ring (bicyclic) bond motifs is 1. The van der Waals surface area contributed by atoms with Crippen LogP contribution >= 0.6 is 11.8 Å². The fourth-order valence-electron chi connectivity index (χ4n) is 3.24. The first kappa shape index (κ1) is 24.8. The van der Waals surface area contributed by atoms with E-state index in [1.165, 1.54) is 12.1 Å². The van der Waals surface area contributed by atoms with E-state index < -0.39 is 16.1 Å². The number of unbranched alkanes of at least 4 members (excludes halogenated alkanes) is 1. The number of carbonyl (C=O) groups is 1. The fourth-order valence-corrected chi connectivity index (χ4v) is 4.95. The van der Waals surface area contributed by atoms with E-state index in [0.717, 1.165) is 25.7 Å². The zero-order valence-corrected chi connectivity index (χ0v) is 19.7. The van der Waals surface area contributed by atoms with Gasteiger partial charge >= 0.3 is 0 Å². The standard InChI is InChI=1S/C21H34N2O5S2/c1-4-6-7-16(5-2)15-22-21(24)18(10-13-29-3)23-30(25,26)17-8-9-19-20(14-17)28-12-11-27-19/h8-9,14,16,18,23H,4-7,10-13,15H2,1-3H3,(H,22,24)/t16-,18+/m0/s1. The third-order valence-corrected chi connectivity index (χ3v) is 7.27. The highest BCUT2D eigenvalue weighted by Gasteiger charge is 2.27. The van der Waals surface area contributed by atoms with Gasteiger partial charge in [0.05, 0.1) is 4.90 Å². The molecule has 7 nitrogen and oxygen atoms in total. The van der Waals surface area contributed by atoms with Crippen molar-refractivity contribution in [2.75, 3.05) is 31.8 Å². The summed E-state index contributed by atoms with van der Waals surface area (Å²) in [7, 11) is -3.88. The molecule has 0 radical (unpaired) electrons. The first-order valence-corrected chi connectivity index (χ1v) is 13.5. The van der Waals surface area contributed by atoms with Crippen LogP contribution in [0.2, 0.25) is 0 Å². The highest BCUT2D eigenvalue weighted by atomic mass is 32.2. The molecule has 0 bridgehead atoms. The summed E-state index contributed by atoms with van der Waals surface area (Å²) in [5.74, 6) is 1.73. The van der Waals surface area contributed by atoms with E-state index in [2.05, 4.69) is 23.9 Å². The summed E-state index contributed by atoms with van der Waals surface area (Å²) >= 11 is 1.58. The molecule has 9 heteroatoms. The van der Waals surface area contributed by atoms with Crippen molar-refractivity contribution in [3.63, 3.8) is 0 Å². The van der Waals surface area contributed by atoms with Crippen LogP contribution < -0.4 is 19.5 Å². The molecule has 0 unspecified atom stereocenters. The molecule has 0 saturated carbocycles. The van der Waals surface area contributed by atoms with Crippen LogP contribution in [0.5, 0.6) is 11.5 Å². The number of rotatable bonds is 13. The van der Waals surface area contributed by atoms with Crippen molar-refractivity contribution >= 4 is 27.7 Å². The fraction of sp³-hybridized carbons (Fsp3) is 0.667. The Labute approximate surface area is 184 Å². The lowest BCUT2D eigenvalue weighted by atomic mass is 9.99.